The Kier molecular flexibility index (Phi) is 5.36. The van der Waals surface area contributed by atoms with Crippen LogP contribution in [0, 0.1) is 0 Å². The van der Waals surface area contributed by atoms with E-state index in [1.807, 2.05) is 0 Å². The summed E-state index contributed by atoms with van der Waals surface area (Å²) in [6.07, 6.45) is 2.66. The molecule has 0 rings (SSSR count). The summed E-state index contributed by atoms with van der Waals surface area (Å²) >= 11 is 0. The minimum atomic E-state index is -3.28. The summed E-state index contributed by atoms with van der Waals surface area (Å²) in [6.45, 7) is 6.73. The second kappa shape index (κ2) is 5.51. The van der Waals surface area contributed by atoms with Crippen LogP contribution in [0.4, 0.5) is 8.39 Å². The molecule has 0 saturated heterocycles. The van der Waals surface area contributed by atoms with Crippen molar-refractivity contribution in [1.82, 2.24) is 0 Å². The predicted molar refractivity (Wildman–Crippen MR) is 39.0 cm³/mol. The van der Waals surface area contributed by atoms with E-state index in [1.165, 1.54) is 12.2 Å². The average molecular weight is 166 g/mol. The van der Waals surface area contributed by atoms with Crippen LogP contribution in [-0.2, 0) is 4.52 Å². The van der Waals surface area contributed by atoms with Crippen molar-refractivity contribution >= 4 is 8.77 Å². The molecule has 0 amide bonds. The molecule has 0 radical (unpaired) electrons. The highest BCUT2D eigenvalue weighted by Gasteiger charge is 2.11. The zero-order valence-corrected chi connectivity index (χ0v) is 6.36. The van der Waals surface area contributed by atoms with Crippen molar-refractivity contribution in [3.63, 3.8) is 0 Å². The molecule has 0 aromatic rings. The highest BCUT2D eigenvalue weighted by Crippen LogP contribution is 2.41. The Labute approximate surface area is 60.5 Å². The Morgan fingerprint density at radius 2 is 2.10 bits per heavy atom. The van der Waals surface area contributed by atoms with Gasteiger partial charge in [-0.15, -0.1) is 13.2 Å². The van der Waals surface area contributed by atoms with E-state index in [-0.39, 0.29) is 0 Å². The largest absolute Gasteiger partial charge is 0.415 e. The second-order valence-electron chi connectivity index (χ2n) is 1.61. The maximum atomic E-state index is 11.6. The molecule has 0 heterocycles. The van der Waals surface area contributed by atoms with Gasteiger partial charge in [0.2, 0.25) is 0 Å². The van der Waals surface area contributed by atoms with Gasteiger partial charge in [0.15, 0.2) is 0 Å². The Hall–Kier alpha value is -0.270. The van der Waals surface area contributed by atoms with Gasteiger partial charge in [0, 0.05) is 0 Å². The molecule has 0 aromatic heterocycles. The Balaban J connectivity index is 3.59. The normalized spacial score (nSPS) is 13.1. The third-order valence-corrected chi connectivity index (χ3v) is 1.31. The van der Waals surface area contributed by atoms with Gasteiger partial charge in [0.25, 0.3) is 0 Å². The van der Waals surface area contributed by atoms with Gasteiger partial charge in [-0.2, -0.15) is 8.39 Å². The first-order chi connectivity index (χ1) is 4.70. The van der Waals surface area contributed by atoms with Crippen LogP contribution in [0.5, 0.6) is 0 Å². The second-order valence-corrected chi connectivity index (χ2v) is 2.22. The van der Waals surface area contributed by atoms with Crippen LogP contribution >= 0.6 is 8.77 Å². The first-order valence-electron chi connectivity index (χ1n) is 2.72. The fourth-order valence-corrected chi connectivity index (χ4v) is 0.826. The summed E-state index contributed by atoms with van der Waals surface area (Å²) in [7, 11) is -3.28. The summed E-state index contributed by atoms with van der Waals surface area (Å²) in [5, 5.41) is 0. The maximum absolute atomic E-state index is 11.6. The summed E-state index contributed by atoms with van der Waals surface area (Å²) in [5.41, 5.74) is 0. The molecule has 1 nitrogen and oxygen atoms in total. The molecular weight excluding hydrogens is 157 g/mol. The summed E-state index contributed by atoms with van der Waals surface area (Å²) in [6, 6.07) is 0. The van der Waals surface area contributed by atoms with Gasteiger partial charge >= 0.3 is 8.77 Å². The summed E-state index contributed by atoms with van der Waals surface area (Å²) in [4.78, 5) is 0. The molecule has 0 bridgehead atoms. The zero-order chi connectivity index (χ0) is 7.98. The van der Waals surface area contributed by atoms with Crippen molar-refractivity contribution in [2.45, 2.75) is 12.5 Å². The molecule has 1 atom stereocenters. The van der Waals surface area contributed by atoms with Crippen molar-refractivity contribution < 1.29 is 12.9 Å². The molecule has 0 aliphatic heterocycles. The molecule has 0 N–H and O–H groups in total. The van der Waals surface area contributed by atoms with Crippen molar-refractivity contribution in [1.29, 1.82) is 0 Å². The van der Waals surface area contributed by atoms with E-state index in [2.05, 4.69) is 17.7 Å². The van der Waals surface area contributed by atoms with E-state index in [9.17, 15) is 8.39 Å². The van der Waals surface area contributed by atoms with Gasteiger partial charge in [-0.3, -0.25) is 4.52 Å². The van der Waals surface area contributed by atoms with Gasteiger partial charge in [0.1, 0.15) is 0 Å². The van der Waals surface area contributed by atoms with Crippen LogP contribution in [0.3, 0.4) is 0 Å². The van der Waals surface area contributed by atoms with Crippen molar-refractivity contribution in [3.8, 4) is 0 Å². The van der Waals surface area contributed by atoms with E-state index in [0.29, 0.717) is 6.42 Å². The van der Waals surface area contributed by atoms with Crippen LogP contribution in [0.25, 0.3) is 0 Å². The fourth-order valence-electron chi connectivity index (χ4n) is 0.449. The first kappa shape index (κ1) is 9.73. The minimum absolute atomic E-state index is 0.385. The van der Waals surface area contributed by atoms with Crippen LogP contribution in [-0.4, -0.2) is 6.10 Å². The van der Waals surface area contributed by atoms with Gasteiger partial charge in [-0.05, 0) is 6.42 Å². The molecule has 0 aromatic carbocycles. The monoisotopic (exact) mass is 166 g/mol. The molecule has 58 valence electrons. The smallest absolute Gasteiger partial charge is 0.298 e. The average Bonchev–Trinajstić information content (AvgIpc) is 1.86. The number of halogens is 2. The lowest BCUT2D eigenvalue weighted by Crippen LogP contribution is -2.01. The Morgan fingerprint density at radius 1 is 1.50 bits per heavy atom. The molecule has 10 heavy (non-hydrogen) atoms. The Bertz CT molecular complexity index is 116. The van der Waals surface area contributed by atoms with E-state index >= 15 is 0 Å². The van der Waals surface area contributed by atoms with E-state index in [1.54, 1.807) is 0 Å². The quantitative estimate of drug-likeness (QED) is 0.449. The molecule has 1 unspecified atom stereocenters. The third-order valence-electron chi connectivity index (χ3n) is 0.877. The van der Waals surface area contributed by atoms with Crippen LogP contribution in [0.15, 0.2) is 25.3 Å². The lowest BCUT2D eigenvalue weighted by atomic mass is 10.2. The fraction of sp³-hybridized carbons (Fsp3) is 0.333. The van der Waals surface area contributed by atoms with Crippen LogP contribution in [0.1, 0.15) is 6.42 Å². The molecule has 4 heteroatoms. The Morgan fingerprint density at radius 3 is 2.40 bits per heavy atom. The third kappa shape index (κ3) is 4.59. The van der Waals surface area contributed by atoms with E-state index in [0.717, 1.165) is 0 Å². The lowest BCUT2D eigenvalue weighted by Gasteiger charge is -2.07. The highest BCUT2D eigenvalue weighted by molar-refractivity contribution is 7.40. The van der Waals surface area contributed by atoms with Gasteiger partial charge < -0.3 is 0 Å². The zero-order valence-electron chi connectivity index (χ0n) is 5.46. The molecule has 0 aliphatic rings. The van der Waals surface area contributed by atoms with Crippen molar-refractivity contribution in [2.24, 2.45) is 0 Å². The van der Waals surface area contributed by atoms with E-state index < -0.39 is 14.9 Å². The SMILES string of the molecule is C=CCC(C=C)OP(F)F. The van der Waals surface area contributed by atoms with Crippen LogP contribution in [0.2, 0.25) is 0 Å². The number of rotatable bonds is 5. The number of hydrogen-bond donors (Lipinski definition) is 0. The summed E-state index contributed by atoms with van der Waals surface area (Å²) < 4.78 is 27.3. The van der Waals surface area contributed by atoms with Crippen molar-refractivity contribution in [2.75, 3.05) is 0 Å². The van der Waals surface area contributed by atoms with Gasteiger partial charge in [-0.1, -0.05) is 12.2 Å². The topological polar surface area (TPSA) is 9.23 Å². The predicted octanol–water partition coefficient (Wildman–Crippen LogP) is 3.30. The molecule has 0 spiro atoms. The molecule has 0 aliphatic carbocycles. The molecule has 0 fully saturated rings. The molecular formula is C6H9F2OP. The minimum Gasteiger partial charge on any atom is -0.298 e. The standard InChI is InChI=1S/C6H9F2OP/c1-3-5-6(4-2)9-10(7)8/h3-4,6H,1-2,5H2. The number of hydrogen-bond acceptors (Lipinski definition) is 1. The highest BCUT2D eigenvalue weighted by atomic mass is 31.2. The van der Waals surface area contributed by atoms with E-state index in [4.69, 9.17) is 0 Å². The van der Waals surface area contributed by atoms with Crippen LogP contribution < -0.4 is 0 Å². The lowest BCUT2D eigenvalue weighted by molar-refractivity contribution is 0.249. The van der Waals surface area contributed by atoms with Gasteiger partial charge in [-0.25, -0.2) is 0 Å². The first-order valence-corrected chi connectivity index (χ1v) is 3.76. The molecule has 0 saturated carbocycles. The maximum Gasteiger partial charge on any atom is 0.415 e. The summed E-state index contributed by atoms with van der Waals surface area (Å²) in [5.74, 6) is 0. The van der Waals surface area contributed by atoms with Crippen molar-refractivity contribution in [3.05, 3.63) is 25.3 Å². The van der Waals surface area contributed by atoms with Gasteiger partial charge in [0.05, 0.1) is 6.10 Å².